The van der Waals surface area contributed by atoms with Crippen LogP contribution in [0.3, 0.4) is 0 Å². The number of H-pyrrole nitrogens is 1. The van der Waals surface area contributed by atoms with Gasteiger partial charge in [0.2, 0.25) is 0 Å². The van der Waals surface area contributed by atoms with E-state index >= 15 is 0 Å². The van der Waals surface area contributed by atoms with Gasteiger partial charge in [0.15, 0.2) is 0 Å². The lowest BCUT2D eigenvalue weighted by atomic mass is 9.87. The minimum atomic E-state index is -0.550. The van der Waals surface area contributed by atoms with Gasteiger partial charge in [-0.3, -0.25) is 4.90 Å². The lowest BCUT2D eigenvalue weighted by Crippen LogP contribution is -2.43. The van der Waals surface area contributed by atoms with Crippen molar-refractivity contribution in [3.05, 3.63) is 113 Å². The number of hydrogen-bond donors (Lipinski definition) is 1. The van der Waals surface area contributed by atoms with Crippen molar-refractivity contribution in [1.29, 1.82) is 5.26 Å². The molecule has 0 amide bonds. The summed E-state index contributed by atoms with van der Waals surface area (Å²) in [5.41, 5.74) is 6.03. The molecule has 4 aromatic rings. The molecule has 6 heteroatoms. The van der Waals surface area contributed by atoms with Gasteiger partial charge < -0.3 is 9.72 Å². The first-order valence-corrected chi connectivity index (χ1v) is 12.3. The van der Waals surface area contributed by atoms with Crippen molar-refractivity contribution in [1.82, 2.24) is 14.9 Å². The molecular formula is C30H28N4O2. The molecule has 0 saturated heterocycles. The molecule has 0 spiro atoms. The van der Waals surface area contributed by atoms with Crippen molar-refractivity contribution < 1.29 is 9.53 Å². The lowest BCUT2D eigenvalue weighted by Gasteiger charge is -2.40. The summed E-state index contributed by atoms with van der Waals surface area (Å²) < 4.78 is 5.61. The number of carbonyl (C=O) groups is 1. The number of nitriles is 1. The van der Waals surface area contributed by atoms with Crippen molar-refractivity contribution in [3.8, 4) is 17.2 Å². The zero-order valence-electron chi connectivity index (χ0n) is 20.2. The number of esters is 1. The summed E-state index contributed by atoms with van der Waals surface area (Å²) in [5.74, 6) is 0.552. The van der Waals surface area contributed by atoms with Crippen LogP contribution in [0.25, 0.3) is 11.1 Å². The van der Waals surface area contributed by atoms with Crippen LogP contribution in [0.2, 0.25) is 0 Å². The fourth-order valence-corrected chi connectivity index (χ4v) is 5.03. The number of fused-ring (bicyclic) bond motifs is 1. The Labute approximate surface area is 211 Å². The number of nitrogens with zero attached hydrogens (tertiary/aromatic N) is 3. The monoisotopic (exact) mass is 476 g/mol. The molecule has 1 aromatic heterocycles. The average Bonchev–Trinajstić information content (AvgIpc) is 3.46. The standard InChI is InChI=1S/C30H28N4O2/c1-2-36-30(35)28-26-19-25(23-6-4-3-5-7-23)13-12-24(26)14-17-34(28)27(29-32-15-16-33-29)18-21-8-10-22(20-31)11-9-21/h3-13,15-16,19,27-28H,2,14,17-18H2,1H3,(H,32,33)/t27?,28-/m0/s1. The molecule has 0 radical (unpaired) electrons. The Hall–Kier alpha value is -4.21. The van der Waals surface area contributed by atoms with Gasteiger partial charge in [0.05, 0.1) is 24.3 Å². The molecule has 0 saturated carbocycles. The Morgan fingerprint density at radius 2 is 1.94 bits per heavy atom. The predicted octanol–water partition coefficient (Wildman–Crippen LogP) is 5.39. The molecule has 1 aliphatic heterocycles. The smallest absolute Gasteiger partial charge is 0.328 e. The Bertz CT molecular complexity index is 1360. The molecule has 36 heavy (non-hydrogen) atoms. The molecule has 0 bridgehead atoms. The number of imidazole rings is 1. The SMILES string of the molecule is CCOC(=O)[C@@H]1c2cc(-c3ccccc3)ccc2CCN1C(Cc1ccc(C#N)cc1)c1ncc[nH]1. The fourth-order valence-electron chi connectivity index (χ4n) is 5.03. The van der Waals surface area contributed by atoms with Crippen LogP contribution in [0.4, 0.5) is 0 Å². The van der Waals surface area contributed by atoms with Crippen molar-refractivity contribution in [3.63, 3.8) is 0 Å². The van der Waals surface area contributed by atoms with Crippen molar-refractivity contribution in [2.45, 2.75) is 31.8 Å². The van der Waals surface area contributed by atoms with Crippen LogP contribution in [0, 0.1) is 11.3 Å². The average molecular weight is 477 g/mol. The molecule has 0 aliphatic carbocycles. The summed E-state index contributed by atoms with van der Waals surface area (Å²) in [6.07, 6.45) is 5.02. The fraction of sp³-hybridized carbons (Fsp3) is 0.233. The first-order valence-electron chi connectivity index (χ1n) is 12.3. The van der Waals surface area contributed by atoms with Gasteiger partial charge in [-0.15, -0.1) is 0 Å². The highest BCUT2D eigenvalue weighted by Crippen LogP contribution is 2.39. The van der Waals surface area contributed by atoms with Gasteiger partial charge in [-0.2, -0.15) is 5.26 Å². The van der Waals surface area contributed by atoms with Gasteiger partial charge in [-0.25, -0.2) is 9.78 Å². The van der Waals surface area contributed by atoms with E-state index in [-0.39, 0.29) is 12.0 Å². The van der Waals surface area contributed by atoms with Crippen molar-refractivity contribution in [2.24, 2.45) is 0 Å². The molecule has 3 aromatic carbocycles. The number of rotatable bonds is 7. The van der Waals surface area contributed by atoms with Crippen LogP contribution in [-0.4, -0.2) is 34.0 Å². The van der Waals surface area contributed by atoms with E-state index in [0.717, 1.165) is 34.5 Å². The molecule has 5 rings (SSSR count). The number of hydrogen-bond acceptors (Lipinski definition) is 5. The van der Waals surface area contributed by atoms with Crippen LogP contribution < -0.4 is 0 Å². The van der Waals surface area contributed by atoms with Crippen LogP contribution >= 0.6 is 0 Å². The Balaban J connectivity index is 1.57. The highest BCUT2D eigenvalue weighted by Gasteiger charge is 2.39. The lowest BCUT2D eigenvalue weighted by molar-refractivity contribution is -0.151. The van der Waals surface area contributed by atoms with Crippen LogP contribution in [0.5, 0.6) is 0 Å². The summed E-state index contributed by atoms with van der Waals surface area (Å²) in [7, 11) is 0. The van der Waals surface area contributed by atoms with Crippen molar-refractivity contribution >= 4 is 5.97 Å². The molecule has 1 unspecified atom stereocenters. The van der Waals surface area contributed by atoms with Crippen molar-refractivity contribution in [2.75, 3.05) is 13.2 Å². The summed E-state index contributed by atoms with van der Waals surface area (Å²) in [4.78, 5) is 23.6. The van der Waals surface area contributed by atoms with Gasteiger partial charge in [0, 0.05) is 18.9 Å². The van der Waals surface area contributed by atoms with E-state index in [2.05, 4.69) is 51.3 Å². The van der Waals surface area contributed by atoms with E-state index in [1.54, 1.807) is 6.20 Å². The number of ether oxygens (including phenoxy) is 1. The van der Waals surface area contributed by atoms with Crippen LogP contribution in [-0.2, 0) is 22.4 Å². The molecule has 2 atom stereocenters. The Morgan fingerprint density at radius 3 is 2.64 bits per heavy atom. The third kappa shape index (κ3) is 4.79. The zero-order valence-corrected chi connectivity index (χ0v) is 20.2. The minimum absolute atomic E-state index is 0.170. The normalized spacial score (nSPS) is 16.1. The minimum Gasteiger partial charge on any atom is -0.465 e. The largest absolute Gasteiger partial charge is 0.465 e. The Kier molecular flexibility index (Phi) is 6.92. The van der Waals surface area contributed by atoms with Gasteiger partial charge in [-0.05, 0) is 65.8 Å². The van der Waals surface area contributed by atoms with E-state index in [9.17, 15) is 10.1 Å². The van der Waals surface area contributed by atoms with E-state index in [0.29, 0.717) is 25.1 Å². The molecule has 0 fully saturated rings. The van der Waals surface area contributed by atoms with E-state index in [1.165, 1.54) is 5.56 Å². The van der Waals surface area contributed by atoms with E-state index in [1.807, 2.05) is 55.6 Å². The molecule has 1 N–H and O–H groups in total. The van der Waals surface area contributed by atoms with Crippen LogP contribution in [0.15, 0.2) is 85.2 Å². The van der Waals surface area contributed by atoms with Gasteiger partial charge in [0.1, 0.15) is 11.9 Å². The Morgan fingerprint density at radius 1 is 1.14 bits per heavy atom. The number of carbonyl (C=O) groups excluding carboxylic acids is 1. The first kappa shape index (κ1) is 23.5. The van der Waals surface area contributed by atoms with Gasteiger partial charge in [0.25, 0.3) is 0 Å². The molecule has 6 nitrogen and oxygen atoms in total. The van der Waals surface area contributed by atoms with Gasteiger partial charge in [-0.1, -0.05) is 54.6 Å². The predicted molar refractivity (Wildman–Crippen MR) is 138 cm³/mol. The highest BCUT2D eigenvalue weighted by atomic mass is 16.5. The van der Waals surface area contributed by atoms with Gasteiger partial charge >= 0.3 is 5.97 Å². The highest BCUT2D eigenvalue weighted by molar-refractivity contribution is 5.80. The topological polar surface area (TPSA) is 82.0 Å². The summed E-state index contributed by atoms with van der Waals surface area (Å²) in [6.45, 7) is 2.86. The quantitative estimate of drug-likeness (QED) is 0.362. The maximum atomic E-state index is 13.5. The third-order valence-corrected chi connectivity index (χ3v) is 6.78. The maximum absolute atomic E-state index is 13.5. The second-order valence-corrected chi connectivity index (χ2v) is 8.93. The van der Waals surface area contributed by atoms with E-state index < -0.39 is 6.04 Å². The molecule has 180 valence electrons. The molecule has 1 aliphatic rings. The van der Waals surface area contributed by atoms with E-state index in [4.69, 9.17) is 4.74 Å². The number of benzene rings is 3. The molecular weight excluding hydrogens is 448 g/mol. The third-order valence-electron chi connectivity index (χ3n) is 6.78. The van der Waals surface area contributed by atoms with Crippen LogP contribution in [0.1, 0.15) is 47.1 Å². The maximum Gasteiger partial charge on any atom is 0.328 e. The first-order chi connectivity index (χ1) is 17.7. The number of aromatic nitrogens is 2. The second kappa shape index (κ2) is 10.6. The molecule has 2 heterocycles. The summed E-state index contributed by atoms with van der Waals surface area (Å²) in [6, 6.07) is 25.7. The summed E-state index contributed by atoms with van der Waals surface area (Å²) in [5, 5.41) is 9.18. The number of nitrogens with one attached hydrogen (secondary N) is 1. The number of aromatic amines is 1. The summed E-state index contributed by atoms with van der Waals surface area (Å²) >= 11 is 0. The second-order valence-electron chi connectivity index (χ2n) is 8.93. The zero-order chi connectivity index (χ0) is 24.9.